The summed E-state index contributed by atoms with van der Waals surface area (Å²) in [6, 6.07) is 13.9. The lowest BCUT2D eigenvalue weighted by molar-refractivity contribution is -0.123. The monoisotopic (exact) mass is 639 g/mol. The molecule has 1 fully saturated rings. The van der Waals surface area contributed by atoms with E-state index in [0.717, 1.165) is 22.2 Å². The van der Waals surface area contributed by atoms with Crippen LogP contribution in [0, 0.1) is 0 Å². The van der Waals surface area contributed by atoms with Gasteiger partial charge in [0.2, 0.25) is 5.76 Å². The van der Waals surface area contributed by atoms with E-state index in [0.29, 0.717) is 37.6 Å². The number of furan rings is 1. The molecule has 0 atom stereocenters. The maximum atomic E-state index is 12.9. The lowest BCUT2D eigenvalue weighted by Gasteiger charge is -2.12. The SMILES string of the molecule is COC(=O)c1ccc(CN2C(=O)S/C(=C/c3cc(Br)c(OCc4ccc(Cl)cc4)c(Br)c3)C2=O)o1. The number of methoxy groups -OCH3 is 1. The number of carbonyl (C=O) groups excluding carboxylic acids is 3. The summed E-state index contributed by atoms with van der Waals surface area (Å²) in [4.78, 5) is 38.2. The van der Waals surface area contributed by atoms with Crippen LogP contribution in [-0.2, 0) is 22.7 Å². The Hall–Kier alpha value is -2.53. The average molecular weight is 642 g/mol. The number of hydrogen-bond donors (Lipinski definition) is 0. The summed E-state index contributed by atoms with van der Waals surface area (Å²) >= 11 is 13.8. The number of hydrogen-bond acceptors (Lipinski definition) is 7. The van der Waals surface area contributed by atoms with Gasteiger partial charge in [-0.15, -0.1) is 0 Å². The molecule has 0 aliphatic carbocycles. The fourth-order valence-corrected chi connectivity index (χ4v) is 5.57. The Morgan fingerprint density at radius 3 is 2.46 bits per heavy atom. The van der Waals surface area contributed by atoms with Gasteiger partial charge < -0.3 is 13.9 Å². The van der Waals surface area contributed by atoms with Crippen LogP contribution in [-0.4, -0.2) is 29.1 Å². The van der Waals surface area contributed by atoms with E-state index in [1.165, 1.54) is 19.2 Å². The number of ether oxygens (including phenoxy) is 2. The van der Waals surface area contributed by atoms with Crippen LogP contribution in [0.3, 0.4) is 0 Å². The molecular weight excluding hydrogens is 626 g/mol. The minimum absolute atomic E-state index is 0.00177. The summed E-state index contributed by atoms with van der Waals surface area (Å²) in [7, 11) is 1.24. The minimum Gasteiger partial charge on any atom is -0.487 e. The molecule has 2 aromatic carbocycles. The number of nitrogens with zero attached hydrogens (tertiary/aromatic N) is 1. The molecule has 0 saturated carbocycles. The molecule has 2 amide bonds. The number of carbonyl (C=O) groups is 3. The zero-order valence-corrected chi connectivity index (χ0v) is 22.8. The standard InChI is InChI=1S/C24H16Br2ClNO6S/c1-32-23(30)19-7-6-16(34-19)11-28-22(29)20(35-24(28)31)10-14-8-17(25)21(18(26)9-14)33-12-13-2-4-15(27)5-3-13/h2-10H,11-12H2,1H3/b20-10+. The summed E-state index contributed by atoms with van der Waals surface area (Å²) < 4.78 is 17.3. The smallest absolute Gasteiger partial charge is 0.373 e. The van der Waals surface area contributed by atoms with Crippen LogP contribution in [0.25, 0.3) is 6.08 Å². The number of amides is 2. The Morgan fingerprint density at radius 1 is 1.11 bits per heavy atom. The first-order valence-corrected chi connectivity index (χ1v) is 12.8. The summed E-state index contributed by atoms with van der Waals surface area (Å²) in [5.74, 6) is -0.197. The van der Waals surface area contributed by atoms with Gasteiger partial charge in [-0.05, 0) is 97.2 Å². The molecule has 7 nitrogen and oxygen atoms in total. The molecule has 1 aliphatic heterocycles. The Labute approximate surface area is 226 Å². The second-order valence-electron chi connectivity index (χ2n) is 7.25. The minimum atomic E-state index is -0.637. The van der Waals surface area contributed by atoms with Gasteiger partial charge in [0, 0.05) is 5.02 Å². The van der Waals surface area contributed by atoms with Crippen LogP contribution in [0.1, 0.15) is 27.4 Å². The largest absolute Gasteiger partial charge is 0.487 e. The van der Waals surface area contributed by atoms with Gasteiger partial charge >= 0.3 is 5.97 Å². The summed E-state index contributed by atoms with van der Waals surface area (Å²) in [6.45, 7) is 0.251. The highest BCUT2D eigenvalue weighted by molar-refractivity contribution is 9.11. The third kappa shape index (κ3) is 6.00. The fraction of sp³-hybridized carbons (Fsp3) is 0.125. The lowest BCUT2D eigenvalue weighted by Crippen LogP contribution is -2.27. The van der Waals surface area contributed by atoms with E-state index in [9.17, 15) is 14.4 Å². The molecule has 3 aromatic rings. The summed E-state index contributed by atoms with van der Waals surface area (Å²) in [5, 5.41) is 0.221. The number of rotatable bonds is 7. The number of thioether (sulfide) groups is 1. The van der Waals surface area contributed by atoms with Crippen LogP contribution < -0.4 is 4.74 Å². The Kier molecular flexibility index (Phi) is 8.05. The van der Waals surface area contributed by atoms with Crippen molar-refractivity contribution in [3.05, 3.63) is 90.1 Å². The Bertz CT molecular complexity index is 1320. The molecule has 1 saturated heterocycles. The predicted octanol–water partition coefficient (Wildman–Crippen LogP) is 7.06. The lowest BCUT2D eigenvalue weighted by atomic mass is 10.2. The molecule has 1 aliphatic rings. The molecule has 1 aromatic heterocycles. The van der Waals surface area contributed by atoms with Gasteiger partial charge in [-0.3, -0.25) is 14.5 Å². The van der Waals surface area contributed by atoms with Gasteiger partial charge in [-0.1, -0.05) is 23.7 Å². The van der Waals surface area contributed by atoms with Crippen molar-refractivity contribution in [3.8, 4) is 5.75 Å². The van der Waals surface area contributed by atoms with E-state index < -0.39 is 17.1 Å². The van der Waals surface area contributed by atoms with Crippen LogP contribution in [0.15, 0.2) is 66.8 Å². The zero-order valence-electron chi connectivity index (χ0n) is 18.0. The average Bonchev–Trinajstić information content (AvgIpc) is 3.39. The van der Waals surface area contributed by atoms with Crippen LogP contribution >= 0.6 is 55.2 Å². The molecule has 11 heteroatoms. The number of halogens is 3. The van der Waals surface area contributed by atoms with Gasteiger partial charge in [-0.2, -0.15) is 0 Å². The van der Waals surface area contributed by atoms with Crippen LogP contribution in [0.5, 0.6) is 5.75 Å². The van der Waals surface area contributed by atoms with Crippen molar-refractivity contribution in [2.45, 2.75) is 13.2 Å². The number of benzene rings is 2. The van der Waals surface area contributed by atoms with E-state index in [1.54, 1.807) is 30.3 Å². The van der Waals surface area contributed by atoms with Crippen molar-refractivity contribution in [1.29, 1.82) is 0 Å². The predicted molar refractivity (Wildman–Crippen MR) is 139 cm³/mol. The molecule has 0 radical (unpaired) electrons. The molecular formula is C24H16Br2ClNO6S. The highest BCUT2D eigenvalue weighted by atomic mass is 79.9. The number of imide groups is 1. The van der Waals surface area contributed by atoms with E-state index in [-0.39, 0.29) is 17.2 Å². The van der Waals surface area contributed by atoms with Gasteiger partial charge in [0.1, 0.15) is 18.1 Å². The van der Waals surface area contributed by atoms with Gasteiger partial charge in [-0.25, -0.2) is 4.79 Å². The van der Waals surface area contributed by atoms with Crippen LogP contribution in [0.2, 0.25) is 5.02 Å². The van der Waals surface area contributed by atoms with E-state index in [2.05, 4.69) is 36.6 Å². The van der Waals surface area contributed by atoms with Crippen molar-refractivity contribution >= 4 is 78.4 Å². The second-order valence-corrected chi connectivity index (χ2v) is 10.4. The quantitative estimate of drug-likeness (QED) is 0.202. The van der Waals surface area contributed by atoms with Crippen molar-refractivity contribution in [2.24, 2.45) is 0 Å². The topological polar surface area (TPSA) is 86.0 Å². The Morgan fingerprint density at radius 2 is 1.80 bits per heavy atom. The molecule has 0 spiro atoms. The first kappa shape index (κ1) is 25.6. The first-order valence-electron chi connectivity index (χ1n) is 10.0. The van der Waals surface area contributed by atoms with E-state index in [4.69, 9.17) is 20.8 Å². The zero-order chi connectivity index (χ0) is 25.1. The third-order valence-corrected chi connectivity index (χ3v) is 7.19. The maximum absolute atomic E-state index is 12.9. The Balaban J connectivity index is 1.47. The van der Waals surface area contributed by atoms with Crippen molar-refractivity contribution < 1.29 is 28.3 Å². The second kappa shape index (κ2) is 11.0. The highest BCUT2D eigenvalue weighted by Gasteiger charge is 2.36. The van der Waals surface area contributed by atoms with Crippen molar-refractivity contribution in [2.75, 3.05) is 7.11 Å². The van der Waals surface area contributed by atoms with Crippen molar-refractivity contribution in [1.82, 2.24) is 4.90 Å². The van der Waals surface area contributed by atoms with Gasteiger partial charge in [0.05, 0.1) is 27.5 Å². The van der Waals surface area contributed by atoms with Crippen LogP contribution in [0.4, 0.5) is 4.79 Å². The fourth-order valence-electron chi connectivity index (χ4n) is 3.15. The molecule has 2 heterocycles. The third-order valence-electron chi connectivity index (χ3n) is 4.85. The molecule has 4 rings (SSSR count). The number of esters is 1. The molecule has 0 unspecified atom stereocenters. The van der Waals surface area contributed by atoms with E-state index in [1.807, 2.05) is 12.1 Å². The van der Waals surface area contributed by atoms with Gasteiger partial charge in [0.15, 0.2) is 0 Å². The molecule has 180 valence electrons. The van der Waals surface area contributed by atoms with E-state index >= 15 is 0 Å². The van der Waals surface area contributed by atoms with Crippen molar-refractivity contribution in [3.63, 3.8) is 0 Å². The molecule has 0 N–H and O–H groups in total. The normalized spacial score (nSPS) is 14.6. The molecule has 35 heavy (non-hydrogen) atoms. The summed E-state index contributed by atoms with van der Waals surface area (Å²) in [6.07, 6.45) is 1.63. The van der Waals surface area contributed by atoms with Gasteiger partial charge in [0.25, 0.3) is 11.1 Å². The summed E-state index contributed by atoms with van der Waals surface area (Å²) in [5.41, 5.74) is 1.65. The first-order chi connectivity index (χ1) is 16.7. The molecule has 0 bridgehead atoms. The highest BCUT2D eigenvalue weighted by Crippen LogP contribution is 2.38. The maximum Gasteiger partial charge on any atom is 0.373 e.